The number of ether oxygens (including phenoxy) is 1. The fraction of sp³-hybridized carbons (Fsp3) is 0.939. The maximum Gasteiger partial charge on any atom is 0.348 e. The number of unbranched alkanes of at least 4 members (excludes halogenated alkanes) is 23. The third kappa shape index (κ3) is 23.0. The Hall–Kier alpha value is -0.940. The lowest BCUT2D eigenvalue weighted by atomic mass is 9.96. The maximum atomic E-state index is 12.2. The summed E-state index contributed by atoms with van der Waals surface area (Å²) in [6.45, 7) is 3.71. The second-order valence-corrected chi connectivity index (χ2v) is 11.6. The first-order valence-electron chi connectivity index (χ1n) is 16.6. The van der Waals surface area contributed by atoms with Crippen LogP contribution in [0.3, 0.4) is 0 Å². The summed E-state index contributed by atoms with van der Waals surface area (Å²) in [7, 11) is 0. The van der Waals surface area contributed by atoms with Crippen molar-refractivity contribution in [2.45, 2.75) is 193 Å². The van der Waals surface area contributed by atoms with Gasteiger partial charge in [-0.15, -0.1) is 0 Å². The number of esters is 2. The molecular formula is C33H64O5. The molecule has 5 heteroatoms. The molecular weight excluding hydrogens is 476 g/mol. The van der Waals surface area contributed by atoms with Gasteiger partial charge < -0.3 is 14.9 Å². The van der Waals surface area contributed by atoms with E-state index in [4.69, 9.17) is 4.74 Å². The Bertz CT molecular complexity index is 535. The molecule has 0 amide bonds. The summed E-state index contributed by atoms with van der Waals surface area (Å²) in [6.07, 6.45) is 31.0. The van der Waals surface area contributed by atoms with Crippen LogP contribution in [0.1, 0.15) is 187 Å². The highest BCUT2D eigenvalue weighted by molar-refractivity contribution is 5.90. The van der Waals surface area contributed by atoms with Crippen LogP contribution in [-0.2, 0) is 14.3 Å². The molecule has 0 aromatic carbocycles. The standard InChI is InChI=1S/C33H64O5/c1-3-5-7-9-11-12-13-14-15-16-17-18-19-20-21-22-23-24-26-28-31(35)38-32(36)33(37,30-34)29-27-25-10-8-6-4-2/h34,37H,3-30H2,1-2H3. The summed E-state index contributed by atoms with van der Waals surface area (Å²) >= 11 is 0. The highest BCUT2D eigenvalue weighted by Crippen LogP contribution is 2.19. The lowest BCUT2D eigenvalue weighted by Crippen LogP contribution is -2.44. The largest absolute Gasteiger partial charge is 0.393 e. The van der Waals surface area contributed by atoms with E-state index in [1.165, 1.54) is 109 Å². The van der Waals surface area contributed by atoms with E-state index in [0.717, 1.165) is 38.5 Å². The minimum absolute atomic E-state index is 0.126. The van der Waals surface area contributed by atoms with Crippen LogP contribution in [0.25, 0.3) is 0 Å². The Balaban J connectivity index is 3.55. The molecule has 0 aliphatic carbocycles. The van der Waals surface area contributed by atoms with Crippen molar-refractivity contribution in [3.8, 4) is 0 Å². The van der Waals surface area contributed by atoms with Crippen molar-refractivity contribution in [2.24, 2.45) is 0 Å². The molecule has 5 nitrogen and oxygen atoms in total. The average molecular weight is 541 g/mol. The van der Waals surface area contributed by atoms with E-state index in [1.807, 2.05) is 0 Å². The predicted molar refractivity (Wildman–Crippen MR) is 159 cm³/mol. The normalized spacial score (nSPS) is 12.9. The summed E-state index contributed by atoms with van der Waals surface area (Å²) in [6, 6.07) is 0. The van der Waals surface area contributed by atoms with E-state index in [9.17, 15) is 19.8 Å². The minimum Gasteiger partial charge on any atom is -0.393 e. The van der Waals surface area contributed by atoms with Crippen molar-refractivity contribution in [2.75, 3.05) is 6.61 Å². The van der Waals surface area contributed by atoms with Crippen LogP contribution in [0.15, 0.2) is 0 Å². The van der Waals surface area contributed by atoms with Gasteiger partial charge in [-0.1, -0.05) is 162 Å². The van der Waals surface area contributed by atoms with Crippen LogP contribution in [0.2, 0.25) is 0 Å². The molecule has 0 aliphatic heterocycles. The van der Waals surface area contributed by atoms with E-state index >= 15 is 0 Å². The van der Waals surface area contributed by atoms with E-state index in [2.05, 4.69) is 13.8 Å². The zero-order valence-electron chi connectivity index (χ0n) is 25.4. The summed E-state index contributed by atoms with van der Waals surface area (Å²) < 4.78 is 4.85. The topological polar surface area (TPSA) is 83.8 Å². The SMILES string of the molecule is CCCCCCCCCCCCCCCCCCCCCC(=O)OC(=O)C(O)(CO)CCCCCCCC. The third-order valence-electron chi connectivity index (χ3n) is 7.78. The van der Waals surface area contributed by atoms with Gasteiger partial charge in [-0.25, -0.2) is 4.79 Å². The minimum atomic E-state index is -1.96. The molecule has 0 aliphatic rings. The molecule has 38 heavy (non-hydrogen) atoms. The van der Waals surface area contributed by atoms with Gasteiger partial charge in [-0.05, 0) is 19.3 Å². The van der Waals surface area contributed by atoms with Gasteiger partial charge in [0.15, 0.2) is 5.60 Å². The van der Waals surface area contributed by atoms with E-state index in [1.54, 1.807) is 0 Å². The molecule has 1 atom stereocenters. The van der Waals surface area contributed by atoms with Crippen LogP contribution in [0.5, 0.6) is 0 Å². The molecule has 2 N–H and O–H groups in total. The number of hydrogen-bond acceptors (Lipinski definition) is 5. The quantitative estimate of drug-likeness (QED) is 0.0561. The average Bonchev–Trinajstić information content (AvgIpc) is 2.91. The van der Waals surface area contributed by atoms with Gasteiger partial charge in [0.05, 0.1) is 6.61 Å². The fourth-order valence-electron chi connectivity index (χ4n) is 5.04. The van der Waals surface area contributed by atoms with Crippen molar-refractivity contribution in [3.05, 3.63) is 0 Å². The number of carbonyl (C=O) groups excluding carboxylic acids is 2. The number of aliphatic hydroxyl groups excluding tert-OH is 1. The third-order valence-corrected chi connectivity index (χ3v) is 7.78. The van der Waals surface area contributed by atoms with Crippen molar-refractivity contribution >= 4 is 11.9 Å². The zero-order chi connectivity index (χ0) is 28.2. The molecule has 0 radical (unpaired) electrons. The van der Waals surface area contributed by atoms with E-state index in [0.29, 0.717) is 12.8 Å². The smallest absolute Gasteiger partial charge is 0.348 e. The van der Waals surface area contributed by atoms with Gasteiger partial charge in [0, 0.05) is 6.42 Å². The number of aliphatic hydroxyl groups is 2. The van der Waals surface area contributed by atoms with Crippen LogP contribution >= 0.6 is 0 Å². The van der Waals surface area contributed by atoms with Gasteiger partial charge in [-0.2, -0.15) is 0 Å². The molecule has 0 saturated heterocycles. The highest BCUT2D eigenvalue weighted by atomic mass is 16.6. The van der Waals surface area contributed by atoms with Crippen molar-refractivity contribution in [1.82, 2.24) is 0 Å². The molecule has 1 unspecified atom stereocenters. The monoisotopic (exact) mass is 540 g/mol. The maximum absolute atomic E-state index is 12.2. The molecule has 0 fully saturated rings. The van der Waals surface area contributed by atoms with Crippen molar-refractivity contribution in [3.63, 3.8) is 0 Å². The fourth-order valence-corrected chi connectivity index (χ4v) is 5.04. The summed E-state index contributed by atoms with van der Waals surface area (Å²) in [5.74, 6) is -1.60. The second kappa shape index (κ2) is 27.6. The van der Waals surface area contributed by atoms with Crippen LogP contribution in [0, 0.1) is 0 Å². The summed E-state index contributed by atoms with van der Waals surface area (Å²) in [4.78, 5) is 24.2. The Morgan fingerprint density at radius 1 is 0.526 bits per heavy atom. The summed E-state index contributed by atoms with van der Waals surface area (Å²) in [5, 5.41) is 19.9. The zero-order valence-corrected chi connectivity index (χ0v) is 25.4. The van der Waals surface area contributed by atoms with E-state index < -0.39 is 24.1 Å². The molecule has 0 bridgehead atoms. The second-order valence-electron chi connectivity index (χ2n) is 11.6. The molecule has 0 spiro atoms. The first kappa shape index (κ1) is 37.1. The number of carbonyl (C=O) groups is 2. The van der Waals surface area contributed by atoms with Gasteiger partial charge in [0.2, 0.25) is 0 Å². The Morgan fingerprint density at radius 2 is 0.842 bits per heavy atom. The molecule has 0 rings (SSSR count). The molecule has 226 valence electrons. The lowest BCUT2D eigenvalue weighted by Gasteiger charge is -2.22. The van der Waals surface area contributed by atoms with Gasteiger partial charge >= 0.3 is 11.9 Å². The Labute approximate surface area is 235 Å². The first-order chi connectivity index (χ1) is 18.5. The summed E-state index contributed by atoms with van der Waals surface area (Å²) in [5.41, 5.74) is -1.96. The molecule has 0 saturated carbocycles. The van der Waals surface area contributed by atoms with Crippen LogP contribution in [-0.4, -0.2) is 34.4 Å². The van der Waals surface area contributed by atoms with Crippen molar-refractivity contribution < 1.29 is 24.5 Å². The predicted octanol–water partition coefficient (Wildman–Crippen LogP) is 9.35. The van der Waals surface area contributed by atoms with Gasteiger partial charge in [0.1, 0.15) is 0 Å². The van der Waals surface area contributed by atoms with Gasteiger partial charge in [-0.3, -0.25) is 4.79 Å². The van der Waals surface area contributed by atoms with Crippen molar-refractivity contribution in [1.29, 1.82) is 0 Å². The van der Waals surface area contributed by atoms with Crippen LogP contribution in [0.4, 0.5) is 0 Å². The highest BCUT2D eigenvalue weighted by Gasteiger charge is 2.37. The Morgan fingerprint density at radius 3 is 1.18 bits per heavy atom. The van der Waals surface area contributed by atoms with Crippen LogP contribution < -0.4 is 0 Å². The lowest BCUT2D eigenvalue weighted by molar-refractivity contribution is -0.178. The number of hydrogen-bond donors (Lipinski definition) is 2. The molecule has 0 aromatic rings. The van der Waals surface area contributed by atoms with E-state index in [-0.39, 0.29) is 12.8 Å². The first-order valence-corrected chi connectivity index (χ1v) is 16.6. The van der Waals surface area contributed by atoms with Gasteiger partial charge in [0.25, 0.3) is 0 Å². The molecule has 0 aromatic heterocycles. The molecule has 0 heterocycles. The number of rotatable bonds is 29. The Kier molecular flexibility index (Phi) is 26.9.